The Balaban J connectivity index is 1.20. The molecule has 0 aliphatic carbocycles. The van der Waals surface area contributed by atoms with E-state index in [0.29, 0.717) is 45.8 Å². The first-order valence-corrected chi connectivity index (χ1v) is 46.3. The van der Waals surface area contributed by atoms with Crippen molar-refractivity contribution in [2.75, 3.05) is 91.6 Å². The lowest BCUT2D eigenvalue weighted by Crippen LogP contribution is -2.69. The highest BCUT2D eigenvalue weighted by Gasteiger charge is 2.60. The van der Waals surface area contributed by atoms with Gasteiger partial charge in [-0.05, 0) is 90.8 Å². The number of unbranched alkanes of at least 4 members (excludes halogenated alkanes) is 21. The molecule has 0 radical (unpaired) electrons. The van der Waals surface area contributed by atoms with Gasteiger partial charge in [0.25, 0.3) is 0 Å². The zero-order valence-electron chi connectivity index (χ0n) is 72.4. The zero-order chi connectivity index (χ0) is 85.8. The van der Waals surface area contributed by atoms with Crippen molar-refractivity contribution in [2.45, 2.75) is 443 Å². The van der Waals surface area contributed by atoms with Gasteiger partial charge in [-0.15, -0.1) is 0 Å². The molecule has 700 valence electrons. The molecule has 0 aromatic heterocycles. The summed E-state index contributed by atoms with van der Waals surface area (Å²) in [5, 5.41) is 198. The van der Waals surface area contributed by atoms with Crippen LogP contribution in [0, 0.1) is 0 Å². The Morgan fingerprint density at radius 3 is 0.378 bits per heavy atom. The van der Waals surface area contributed by atoms with Crippen molar-refractivity contribution in [3.63, 3.8) is 0 Å². The zero-order valence-corrected chi connectivity index (χ0v) is 72.4. The summed E-state index contributed by atoms with van der Waals surface area (Å²) in [6.07, 6.45) is -34.0. The SMILES string of the molecule is CCCCCCNC[C@H]1O[C@@H]2O[C@H]3[C@H](O)[C@@H](O)[C@@H](O[C@H]4[C@H](O)[C@@H](O)[C@@H](O[C@H]5[C@H](O)[C@@H](O)[C@@H](O[C@H]6[C@H](O)[C@@H](O)[C@@H](O[C@H]7[C@H](O)[C@@H](O)[C@@H](O[C@H]8[C@H](O)[C@@H](O)[C@@H](O[C@H]1[C@H](O)[C@H]2O)O[C@@H]8CNCCCCCC)O[C@@H]7CNCCCCCC)O[C@@H]6CNCCCCCC)O[C@@H]5CNCCCCCC)O[C@@H]4CNCCCCCC)O[C@@H]3CNCCCCCC. The number of hydrogen-bond acceptors (Lipinski definition) is 35. The number of ether oxygens (including phenoxy) is 14. The van der Waals surface area contributed by atoms with Crippen LogP contribution in [0.2, 0.25) is 0 Å². The summed E-state index contributed by atoms with van der Waals surface area (Å²) in [6, 6.07) is 0. The van der Waals surface area contributed by atoms with Crippen molar-refractivity contribution in [2.24, 2.45) is 0 Å². The second kappa shape index (κ2) is 56.1. The van der Waals surface area contributed by atoms with Gasteiger partial charge in [-0.2, -0.15) is 0 Å². The number of nitrogens with one attached hydrogen (secondary N) is 7. The maximum atomic E-state index is 12.5. The Bertz CT molecular complexity index is 2140. The molecule has 21 aliphatic rings. The third-order valence-electron chi connectivity index (χ3n) is 24.4. The molecule has 0 amide bonds. The topological polar surface area (TPSA) is 497 Å². The highest BCUT2D eigenvalue weighted by atomic mass is 16.8. The van der Waals surface area contributed by atoms with Gasteiger partial charge in [0.15, 0.2) is 44.0 Å². The van der Waals surface area contributed by atoms with Gasteiger partial charge >= 0.3 is 0 Å². The molecule has 21 saturated heterocycles. The summed E-state index contributed by atoms with van der Waals surface area (Å²) in [6.45, 7) is 17.7. The molecule has 0 aromatic rings. The molecular formula is C84H161N7O28. The molecule has 21 N–H and O–H groups in total. The average molecular weight is 1720 g/mol. The normalized spacial score (nSPS) is 40.1. The highest BCUT2D eigenvalue weighted by molar-refractivity contribution is 5.03. The van der Waals surface area contributed by atoms with Crippen molar-refractivity contribution in [1.29, 1.82) is 0 Å². The fourth-order valence-corrected chi connectivity index (χ4v) is 17.0. The van der Waals surface area contributed by atoms with Gasteiger partial charge in [0, 0.05) is 45.8 Å². The minimum Gasteiger partial charge on any atom is -0.387 e. The Hall–Kier alpha value is -1.40. The van der Waals surface area contributed by atoms with Crippen LogP contribution in [0.3, 0.4) is 0 Å². The van der Waals surface area contributed by atoms with Crippen LogP contribution in [-0.2, 0) is 66.3 Å². The van der Waals surface area contributed by atoms with E-state index in [1.165, 1.54) is 0 Å². The summed E-state index contributed by atoms with van der Waals surface area (Å²) < 4.78 is 92.5. The van der Waals surface area contributed by atoms with Crippen molar-refractivity contribution in [3.8, 4) is 0 Å². The van der Waals surface area contributed by atoms with E-state index in [2.05, 4.69) is 85.7 Å². The molecule has 35 atom stereocenters. The molecule has 0 aromatic carbocycles. The average Bonchev–Trinajstić information content (AvgIpc) is 0.825. The number of aliphatic hydroxyl groups is 14. The molecule has 21 fully saturated rings. The van der Waals surface area contributed by atoms with Gasteiger partial charge < -0.3 is 175 Å². The summed E-state index contributed by atoms with van der Waals surface area (Å²) in [7, 11) is 0. The fourth-order valence-electron chi connectivity index (χ4n) is 17.0. The van der Waals surface area contributed by atoms with Gasteiger partial charge in [0.2, 0.25) is 0 Å². The second-order valence-electron chi connectivity index (χ2n) is 34.2. The highest BCUT2D eigenvalue weighted by Crippen LogP contribution is 2.40. The van der Waals surface area contributed by atoms with E-state index in [1.807, 2.05) is 0 Å². The van der Waals surface area contributed by atoms with E-state index in [4.69, 9.17) is 66.3 Å². The molecule has 0 unspecified atom stereocenters. The van der Waals surface area contributed by atoms with Crippen molar-refractivity contribution < 1.29 is 138 Å². The second-order valence-corrected chi connectivity index (χ2v) is 34.2. The first-order chi connectivity index (χ1) is 57.7. The predicted molar refractivity (Wildman–Crippen MR) is 438 cm³/mol. The third-order valence-corrected chi connectivity index (χ3v) is 24.4. The maximum absolute atomic E-state index is 12.5. The monoisotopic (exact) mass is 1720 g/mol. The summed E-state index contributed by atoms with van der Waals surface area (Å²) in [5.41, 5.74) is 0. The van der Waals surface area contributed by atoms with Crippen LogP contribution in [0.4, 0.5) is 0 Å². The number of aliphatic hydroxyl groups excluding tert-OH is 14. The number of hydrogen-bond donors (Lipinski definition) is 21. The number of rotatable bonds is 49. The smallest absolute Gasteiger partial charge is 0.187 e. The van der Waals surface area contributed by atoms with Gasteiger partial charge in [0.1, 0.15) is 171 Å². The molecule has 35 nitrogen and oxygen atoms in total. The Morgan fingerprint density at radius 1 is 0.151 bits per heavy atom. The van der Waals surface area contributed by atoms with Gasteiger partial charge in [-0.25, -0.2) is 0 Å². The Kier molecular flexibility index (Phi) is 48.6. The van der Waals surface area contributed by atoms with E-state index < -0.39 is 215 Å². The maximum Gasteiger partial charge on any atom is 0.187 e. The lowest BCUT2D eigenvalue weighted by atomic mass is 9.94. The van der Waals surface area contributed by atoms with Crippen LogP contribution < -0.4 is 37.2 Å². The van der Waals surface area contributed by atoms with E-state index in [-0.39, 0.29) is 45.8 Å². The van der Waals surface area contributed by atoms with Crippen molar-refractivity contribution in [1.82, 2.24) is 37.2 Å². The molecule has 35 heteroatoms. The quantitative estimate of drug-likeness (QED) is 0.0357. The lowest BCUT2D eigenvalue weighted by Gasteiger charge is -2.50. The summed E-state index contributed by atoms with van der Waals surface area (Å²) >= 11 is 0. The molecular weight excluding hydrogens is 1550 g/mol. The first-order valence-electron chi connectivity index (χ1n) is 46.3. The summed E-state index contributed by atoms with van der Waals surface area (Å²) in [5.74, 6) is 0. The largest absolute Gasteiger partial charge is 0.387 e. The van der Waals surface area contributed by atoms with Crippen LogP contribution in [0.15, 0.2) is 0 Å². The fraction of sp³-hybridized carbons (Fsp3) is 1.00. The van der Waals surface area contributed by atoms with E-state index in [0.717, 1.165) is 180 Å². The molecule has 14 bridgehead atoms. The van der Waals surface area contributed by atoms with Gasteiger partial charge in [-0.1, -0.05) is 183 Å². The minimum absolute atomic E-state index is 0.0466. The van der Waals surface area contributed by atoms with Crippen LogP contribution in [0.5, 0.6) is 0 Å². The molecule has 21 heterocycles. The molecule has 0 spiro atoms. The van der Waals surface area contributed by atoms with Gasteiger partial charge in [-0.3, -0.25) is 0 Å². The van der Waals surface area contributed by atoms with Crippen molar-refractivity contribution in [3.05, 3.63) is 0 Å². The lowest BCUT2D eigenvalue weighted by molar-refractivity contribution is -0.392. The van der Waals surface area contributed by atoms with E-state index >= 15 is 0 Å². The minimum atomic E-state index is -1.99. The summed E-state index contributed by atoms with van der Waals surface area (Å²) in [4.78, 5) is 0. The van der Waals surface area contributed by atoms with Crippen LogP contribution >= 0.6 is 0 Å². The van der Waals surface area contributed by atoms with Crippen LogP contribution in [0.25, 0.3) is 0 Å². The first kappa shape index (κ1) is 103. The van der Waals surface area contributed by atoms with Gasteiger partial charge in [0.05, 0.1) is 0 Å². The standard InChI is InChI=1S/C84H161N7O28/c1-8-15-22-29-36-85-43-50-71-57(92)64(99)78(106-50)114-72-51(44-86-37-30-23-16-9-2)108-80(66(101)59(72)94)116-74-53(46-88-39-32-25-18-11-4)110-82(68(103)61(74)96)118-76-55(48-90-41-34-27-20-13-6)112-84(70(105)63(76)98)119-77-56(49-91-42-35-28-21-14-7)111-83(69(104)62(77)97)117-75-54(47-89-40-33-26-19-12-5)109-81(67(102)60(75)95)115-73-52(45-87-38-31-24-17-10-3)107-79(113-71)65(100)58(73)93/h50-105H,8-49H2,1-7H3/t50-,51-,52-,53-,54-,55-,56-,57-,58-,59-,60-,61-,62-,63-,64-,65-,66-,67-,68-,69-,70-,71-,72-,73-,74-,75-,76-,77-,78-,79-,80-,81-,82-,83-,84-/m1/s1. The molecule has 21 rings (SSSR count). The van der Waals surface area contributed by atoms with E-state index in [9.17, 15) is 71.5 Å². The third kappa shape index (κ3) is 30.9. The molecule has 21 aliphatic heterocycles. The Labute approximate surface area is 707 Å². The predicted octanol–water partition coefficient (Wildman–Crippen LogP) is 0.0126. The Morgan fingerprint density at radius 2 is 0.269 bits per heavy atom. The molecule has 0 saturated carbocycles. The van der Waals surface area contributed by atoms with E-state index in [1.54, 1.807) is 0 Å². The van der Waals surface area contributed by atoms with Crippen molar-refractivity contribution >= 4 is 0 Å². The molecule has 119 heavy (non-hydrogen) atoms. The van der Waals surface area contributed by atoms with Crippen LogP contribution in [-0.4, -0.2) is 378 Å². The van der Waals surface area contributed by atoms with Crippen LogP contribution in [0.1, 0.15) is 228 Å².